The van der Waals surface area contributed by atoms with Gasteiger partial charge in [-0.15, -0.1) is 0 Å². The van der Waals surface area contributed by atoms with Crippen molar-refractivity contribution in [3.8, 4) is 5.75 Å². The van der Waals surface area contributed by atoms with Crippen LogP contribution in [-0.4, -0.2) is 29.3 Å². The molecule has 0 fully saturated rings. The first-order valence-electron chi connectivity index (χ1n) is 7.23. The lowest BCUT2D eigenvalue weighted by molar-refractivity contribution is -0.136. The average Bonchev–Trinajstić information content (AvgIpc) is 2.81. The smallest absolute Gasteiger partial charge is 0.303 e. The summed E-state index contributed by atoms with van der Waals surface area (Å²) in [6.45, 7) is 4.67. The van der Waals surface area contributed by atoms with E-state index in [1.165, 1.54) is 11.3 Å². The fourth-order valence-electron chi connectivity index (χ4n) is 3.28. The summed E-state index contributed by atoms with van der Waals surface area (Å²) in [6.07, 6.45) is 0.715. The number of aryl methyl sites for hydroxylation is 2. The number of aromatic nitrogens is 1. The van der Waals surface area contributed by atoms with E-state index in [2.05, 4.69) is 16.8 Å². The van der Waals surface area contributed by atoms with Gasteiger partial charge in [0.1, 0.15) is 5.75 Å². The summed E-state index contributed by atoms with van der Waals surface area (Å²) in [4.78, 5) is 11.0. The molecule has 112 valence electrons. The molecule has 0 unspecified atom stereocenters. The largest absolute Gasteiger partial charge is 0.495 e. The van der Waals surface area contributed by atoms with E-state index in [1.807, 2.05) is 12.1 Å². The number of benzene rings is 1. The van der Waals surface area contributed by atoms with Gasteiger partial charge in [-0.2, -0.15) is 0 Å². The molecule has 0 amide bonds. The van der Waals surface area contributed by atoms with Crippen LogP contribution in [0.4, 0.5) is 0 Å². The predicted octanol–water partition coefficient (Wildman–Crippen LogP) is 2.08. The number of hydrogen-bond acceptors (Lipinski definition) is 3. The molecule has 0 atom stereocenters. The van der Waals surface area contributed by atoms with Gasteiger partial charge in [0.05, 0.1) is 12.6 Å². The van der Waals surface area contributed by atoms with E-state index in [-0.39, 0.29) is 6.42 Å². The van der Waals surface area contributed by atoms with Gasteiger partial charge in [-0.3, -0.25) is 4.79 Å². The zero-order chi connectivity index (χ0) is 15.0. The number of carboxylic acid groups (broad SMARTS) is 1. The molecule has 0 spiro atoms. The zero-order valence-electron chi connectivity index (χ0n) is 12.4. The number of rotatable bonds is 4. The lowest BCUT2D eigenvalue weighted by Gasteiger charge is -2.19. The maximum atomic E-state index is 11.0. The van der Waals surface area contributed by atoms with Gasteiger partial charge in [0.2, 0.25) is 0 Å². The molecule has 1 aliphatic heterocycles. The highest BCUT2D eigenvalue weighted by Crippen LogP contribution is 2.36. The van der Waals surface area contributed by atoms with Crippen LogP contribution in [0.15, 0.2) is 12.1 Å². The average molecular weight is 288 g/mol. The first kappa shape index (κ1) is 13.9. The normalized spacial score (nSPS) is 14.2. The van der Waals surface area contributed by atoms with Crippen LogP contribution in [-0.2, 0) is 24.3 Å². The minimum absolute atomic E-state index is 0.156. The second kappa shape index (κ2) is 5.41. The van der Waals surface area contributed by atoms with Crippen LogP contribution >= 0.6 is 0 Å². The molecule has 1 aromatic carbocycles. The van der Waals surface area contributed by atoms with Gasteiger partial charge in [0.15, 0.2) is 0 Å². The molecule has 2 aromatic rings. The summed E-state index contributed by atoms with van der Waals surface area (Å²) in [5.41, 5.74) is 4.63. The number of carbonyl (C=O) groups is 1. The molecule has 3 rings (SSSR count). The van der Waals surface area contributed by atoms with Gasteiger partial charge in [0, 0.05) is 37.1 Å². The molecule has 2 heterocycles. The van der Waals surface area contributed by atoms with E-state index in [0.29, 0.717) is 6.42 Å². The third-order valence-electron chi connectivity index (χ3n) is 4.21. The minimum atomic E-state index is -0.757. The van der Waals surface area contributed by atoms with Crippen molar-refractivity contribution in [3.05, 3.63) is 29.0 Å². The monoisotopic (exact) mass is 288 g/mol. The van der Waals surface area contributed by atoms with Crippen molar-refractivity contribution in [2.24, 2.45) is 0 Å². The van der Waals surface area contributed by atoms with Gasteiger partial charge < -0.3 is 19.7 Å². The predicted molar refractivity (Wildman–Crippen MR) is 80.9 cm³/mol. The maximum Gasteiger partial charge on any atom is 0.303 e. The molecular weight excluding hydrogens is 268 g/mol. The molecule has 2 N–H and O–H groups in total. The number of methoxy groups -OCH3 is 1. The summed E-state index contributed by atoms with van der Waals surface area (Å²) >= 11 is 0. The van der Waals surface area contributed by atoms with Crippen LogP contribution in [0.25, 0.3) is 10.9 Å². The Morgan fingerprint density at radius 2 is 2.29 bits per heavy atom. The van der Waals surface area contributed by atoms with Crippen molar-refractivity contribution in [1.82, 2.24) is 9.88 Å². The molecule has 0 saturated carbocycles. The van der Waals surface area contributed by atoms with Crippen molar-refractivity contribution in [2.45, 2.75) is 32.9 Å². The highest BCUT2D eigenvalue weighted by atomic mass is 16.5. The first-order valence-corrected chi connectivity index (χ1v) is 7.23. The minimum Gasteiger partial charge on any atom is -0.495 e. The zero-order valence-corrected chi connectivity index (χ0v) is 12.4. The first-order chi connectivity index (χ1) is 10.1. The quantitative estimate of drug-likeness (QED) is 0.904. The molecular formula is C16H20N2O3. The third kappa shape index (κ3) is 2.27. The van der Waals surface area contributed by atoms with Crippen molar-refractivity contribution >= 4 is 16.9 Å². The third-order valence-corrected chi connectivity index (χ3v) is 4.21. The highest BCUT2D eigenvalue weighted by Gasteiger charge is 2.23. The van der Waals surface area contributed by atoms with Crippen LogP contribution in [0.3, 0.4) is 0 Å². The Bertz CT molecular complexity index is 703. The molecule has 5 heteroatoms. The van der Waals surface area contributed by atoms with Gasteiger partial charge in [-0.05, 0) is 30.5 Å². The van der Waals surface area contributed by atoms with E-state index in [0.717, 1.165) is 41.9 Å². The Labute approximate surface area is 123 Å². The lowest BCUT2D eigenvalue weighted by atomic mass is 10.0. The number of carboxylic acids is 1. The van der Waals surface area contributed by atoms with Crippen molar-refractivity contribution in [2.75, 3.05) is 13.7 Å². The Kier molecular flexibility index (Phi) is 3.59. The Morgan fingerprint density at radius 3 is 3.00 bits per heavy atom. The number of hydrogen-bond donors (Lipinski definition) is 2. The van der Waals surface area contributed by atoms with Crippen molar-refractivity contribution < 1.29 is 14.6 Å². The molecule has 0 saturated heterocycles. The molecule has 21 heavy (non-hydrogen) atoms. The number of nitrogens with one attached hydrogen (secondary N) is 1. The van der Waals surface area contributed by atoms with Crippen LogP contribution < -0.4 is 10.1 Å². The van der Waals surface area contributed by atoms with E-state index in [9.17, 15) is 4.79 Å². The molecule has 5 nitrogen and oxygen atoms in total. The standard InChI is InChI=1S/C16H20N2O3/c1-10-3-5-13(21-2)16-15(10)11(4-6-14(19)20)12-9-17-7-8-18(12)16/h3,5,17H,4,6-9H2,1-2H3,(H,19,20). The van der Waals surface area contributed by atoms with Crippen LogP contribution in [0.1, 0.15) is 23.2 Å². The van der Waals surface area contributed by atoms with Crippen LogP contribution in [0, 0.1) is 6.92 Å². The van der Waals surface area contributed by atoms with E-state index in [1.54, 1.807) is 7.11 Å². The number of fused-ring (bicyclic) bond motifs is 3. The molecule has 0 aliphatic carbocycles. The SMILES string of the molecule is COc1ccc(C)c2c(CCC(=O)O)c3n(c12)CCNC3. The Balaban J connectivity index is 2.26. The summed E-state index contributed by atoms with van der Waals surface area (Å²) in [7, 11) is 1.68. The second-order valence-corrected chi connectivity index (χ2v) is 5.46. The number of nitrogens with zero attached hydrogens (tertiary/aromatic N) is 1. The second-order valence-electron chi connectivity index (χ2n) is 5.46. The fourth-order valence-corrected chi connectivity index (χ4v) is 3.28. The van der Waals surface area contributed by atoms with E-state index < -0.39 is 5.97 Å². The lowest BCUT2D eigenvalue weighted by Crippen LogP contribution is -2.28. The Hall–Kier alpha value is -2.01. The number of ether oxygens (including phenoxy) is 1. The van der Waals surface area contributed by atoms with Crippen LogP contribution in [0.2, 0.25) is 0 Å². The molecule has 0 radical (unpaired) electrons. The van der Waals surface area contributed by atoms with Crippen LogP contribution in [0.5, 0.6) is 5.75 Å². The summed E-state index contributed by atoms with van der Waals surface area (Å²) in [5.74, 6) is 0.104. The topological polar surface area (TPSA) is 63.5 Å². The fraction of sp³-hybridized carbons (Fsp3) is 0.438. The van der Waals surface area contributed by atoms with Gasteiger partial charge >= 0.3 is 5.97 Å². The van der Waals surface area contributed by atoms with Crippen molar-refractivity contribution in [3.63, 3.8) is 0 Å². The van der Waals surface area contributed by atoms with Gasteiger partial charge in [0.25, 0.3) is 0 Å². The molecule has 0 bridgehead atoms. The summed E-state index contributed by atoms with van der Waals surface area (Å²) in [6, 6.07) is 4.04. The van der Waals surface area contributed by atoms with E-state index >= 15 is 0 Å². The molecule has 1 aliphatic rings. The van der Waals surface area contributed by atoms with E-state index in [4.69, 9.17) is 9.84 Å². The number of aliphatic carboxylic acids is 1. The molecule has 1 aromatic heterocycles. The van der Waals surface area contributed by atoms with Crippen molar-refractivity contribution in [1.29, 1.82) is 0 Å². The van der Waals surface area contributed by atoms with Gasteiger partial charge in [-0.25, -0.2) is 0 Å². The Morgan fingerprint density at radius 1 is 1.48 bits per heavy atom. The summed E-state index contributed by atoms with van der Waals surface area (Å²) < 4.78 is 7.82. The maximum absolute atomic E-state index is 11.0. The summed E-state index contributed by atoms with van der Waals surface area (Å²) in [5, 5.41) is 13.6. The van der Waals surface area contributed by atoms with Gasteiger partial charge in [-0.1, -0.05) is 6.07 Å². The highest BCUT2D eigenvalue weighted by molar-refractivity contribution is 5.93.